The van der Waals surface area contributed by atoms with Crippen LogP contribution in [0.4, 0.5) is 0 Å². The van der Waals surface area contributed by atoms with Crippen molar-refractivity contribution in [3.05, 3.63) is 63.2 Å². The van der Waals surface area contributed by atoms with Gasteiger partial charge in [0.2, 0.25) is 6.29 Å². The number of nitrogens with zero attached hydrogens (tertiary/aromatic N) is 1. The van der Waals surface area contributed by atoms with Crippen molar-refractivity contribution in [2.45, 2.75) is 57.9 Å². The molecule has 0 unspecified atom stereocenters. The molecule has 11 nitrogen and oxygen atoms in total. The second-order valence-corrected chi connectivity index (χ2v) is 9.74. The van der Waals surface area contributed by atoms with Crippen molar-refractivity contribution in [3.8, 4) is 17.2 Å². The van der Waals surface area contributed by atoms with Crippen LogP contribution < -0.4 is 9.47 Å². The standard InChI is InChI=1S/C28H27NO10/c1-11-21(31)20-19(24(34)17-9-15(38-13(3)30)4-5-16(17)23(20)33)18(8-14-6-7-29-10-14)27(11)39-28-26(36)25(35)22(32)12(2)37-28/h4-6,9-10,12,22,25-26,28,31-32,35-36H,7-8H2,1-3H3/t12-,22+,25+,26+,28-/m0/s1. The number of aliphatic hydroxyl groups excluding tert-OH is 3. The van der Waals surface area contributed by atoms with E-state index in [1.165, 1.54) is 39.0 Å². The van der Waals surface area contributed by atoms with E-state index in [1.54, 1.807) is 6.21 Å². The Kier molecular flexibility index (Phi) is 6.85. The van der Waals surface area contributed by atoms with Crippen LogP contribution in [0.25, 0.3) is 0 Å². The van der Waals surface area contributed by atoms with E-state index in [9.17, 15) is 34.8 Å². The number of aliphatic hydroxyl groups is 3. The van der Waals surface area contributed by atoms with Gasteiger partial charge in [-0.3, -0.25) is 19.4 Å². The van der Waals surface area contributed by atoms with E-state index in [1.807, 2.05) is 6.08 Å². The van der Waals surface area contributed by atoms with E-state index in [0.29, 0.717) is 6.54 Å². The van der Waals surface area contributed by atoms with Gasteiger partial charge in [0.15, 0.2) is 11.6 Å². The van der Waals surface area contributed by atoms with Crippen LogP contribution >= 0.6 is 0 Å². The molecule has 5 rings (SSSR count). The Labute approximate surface area is 223 Å². The van der Waals surface area contributed by atoms with Crippen LogP contribution in [-0.4, -0.2) is 81.4 Å². The van der Waals surface area contributed by atoms with E-state index < -0.39 is 54.0 Å². The summed E-state index contributed by atoms with van der Waals surface area (Å²) in [7, 11) is 0. The largest absolute Gasteiger partial charge is 0.507 e. The summed E-state index contributed by atoms with van der Waals surface area (Å²) in [5, 5.41) is 42.1. The van der Waals surface area contributed by atoms with Crippen molar-refractivity contribution in [2.24, 2.45) is 4.99 Å². The van der Waals surface area contributed by atoms with Gasteiger partial charge in [-0.25, -0.2) is 0 Å². The van der Waals surface area contributed by atoms with Crippen molar-refractivity contribution in [3.63, 3.8) is 0 Å². The minimum Gasteiger partial charge on any atom is -0.507 e. The zero-order valence-electron chi connectivity index (χ0n) is 21.4. The van der Waals surface area contributed by atoms with Crippen LogP contribution in [-0.2, 0) is 16.0 Å². The molecular formula is C28H27NO10. The second kappa shape index (κ2) is 10.0. The molecule has 2 aliphatic heterocycles. The molecule has 0 aromatic heterocycles. The SMILES string of the molecule is CC(=O)Oc1ccc2c(c1)C(=O)c1c(CC3=CCN=C3)c(O[C@@H]3O[C@@H](C)[C@@H](O)[C@@H](O)[C@H]3O)c(C)c(O)c1C2=O. The summed E-state index contributed by atoms with van der Waals surface area (Å²) in [6.45, 7) is 4.62. The molecular weight excluding hydrogens is 510 g/mol. The Morgan fingerprint density at radius 3 is 2.46 bits per heavy atom. The number of phenols is 1. The minimum absolute atomic E-state index is 0.0168. The van der Waals surface area contributed by atoms with E-state index in [0.717, 1.165) is 5.57 Å². The molecule has 0 bridgehead atoms. The van der Waals surface area contributed by atoms with Crippen molar-refractivity contribution in [1.29, 1.82) is 0 Å². The molecule has 2 aromatic rings. The van der Waals surface area contributed by atoms with Gasteiger partial charge in [0.05, 0.1) is 18.2 Å². The first kappa shape index (κ1) is 26.7. The third-order valence-corrected chi connectivity index (χ3v) is 7.09. The molecule has 3 aliphatic rings. The molecule has 11 heteroatoms. The lowest BCUT2D eigenvalue weighted by molar-refractivity contribution is -0.268. The molecule has 0 amide bonds. The van der Waals surface area contributed by atoms with Crippen LogP contribution in [0.1, 0.15) is 56.8 Å². The number of fused-ring (bicyclic) bond motifs is 2. The molecule has 5 atom stereocenters. The molecule has 0 radical (unpaired) electrons. The summed E-state index contributed by atoms with van der Waals surface area (Å²) in [6, 6.07) is 4.05. The maximum atomic E-state index is 13.9. The quantitative estimate of drug-likeness (QED) is 0.273. The Balaban J connectivity index is 1.68. The first-order valence-corrected chi connectivity index (χ1v) is 12.3. The molecule has 2 heterocycles. The number of benzene rings is 2. The smallest absolute Gasteiger partial charge is 0.308 e. The van der Waals surface area contributed by atoms with Crippen LogP contribution in [0.5, 0.6) is 17.2 Å². The number of aliphatic imine (C=N–C) groups is 1. The predicted octanol–water partition coefficient (Wildman–Crippen LogP) is 1.16. The van der Waals surface area contributed by atoms with E-state index in [-0.39, 0.29) is 51.3 Å². The van der Waals surface area contributed by atoms with E-state index >= 15 is 0 Å². The number of carbonyl (C=O) groups is 3. The van der Waals surface area contributed by atoms with Crippen molar-refractivity contribution < 1.29 is 49.0 Å². The van der Waals surface area contributed by atoms with E-state index in [4.69, 9.17) is 14.2 Å². The fourth-order valence-corrected chi connectivity index (χ4v) is 5.05. The highest BCUT2D eigenvalue weighted by molar-refractivity contribution is 6.30. The fraction of sp³-hybridized carbons (Fsp3) is 0.357. The summed E-state index contributed by atoms with van der Waals surface area (Å²) in [6.07, 6.45) is -3.42. The molecule has 2 aromatic carbocycles. The lowest BCUT2D eigenvalue weighted by atomic mass is 9.78. The van der Waals surface area contributed by atoms with Crippen LogP contribution in [0.15, 0.2) is 34.8 Å². The number of esters is 1. The molecule has 1 fully saturated rings. The number of ketones is 2. The highest BCUT2D eigenvalue weighted by Crippen LogP contribution is 2.45. The zero-order valence-corrected chi connectivity index (χ0v) is 21.4. The molecule has 39 heavy (non-hydrogen) atoms. The number of aromatic hydroxyl groups is 1. The topological polar surface area (TPSA) is 172 Å². The lowest BCUT2D eigenvalue weighted by Gasteiger charge is -2.39. The van der Waals surface area contributed by atoms with Crippen LogP contribution in [0.2, 0.25) is 0 Å². The molecule has 4 N–H and O–H groups in total. The molecule has 0 saturated carbocycles. The Morgan fingerprint density at radius 2 is 1.79 bits per heavy atom. The Hall–Kier alpha value is -3.90. The first-order valence-electron chi connectivity index (χ1n) is 12.3. The molecule has 0 spiro atoms. The molecule has 1 aliphatic carbocycles. The van der Waals surface area contributed by atoms with Crippen molar-refractivity contribution in [1.82, 2.24) is 0 Å². The highest BCUT2D eigenvalue weighted by Gasteiger charge is 2.45. The number of hydrogen-bond donors (Lipinski definition) is 4. The van der Waals surface area contributed by atoms with Gasteiger partial charge in [0.25, 0.3) is 0 Å². The van der Waals surface area contributed by atoms with Gasteiger partial charge >= 0.3 is 5.97 Å². The average Bonchev–Trinajstić information content (AvgIpc) is 3.41. The Morgan fingerprint density at radius 1 is 1.08 bits per heavy atom. The first-order chi connectivity index (χ1) is 18.5. The van der Waals surface area contributed by atoms with Gasteiger partial charge in [0, 0.05) is 47.4 Å². The van der Waals surface area contributed by atoms with Crippen molar-refractivity contribution in [2.75, 3.05) is 6.54 Å². The number of allylic oxidation sites excluding steroid dienone is 1. The summed E-state index contributed by atoms with van der Waals surface area (Å²) >= 11 is 0. The van der Waals surface area contributed by atoms with Gasteiger partial charge in [-0.15, -0.1) is 0 Å². The number of carbonyl (C=O) groups excluding carboxylic acids is 3. The summed E-state index contributed by atoms with van der Waals surface area (Å²) in [4.78, 5) is 43.2. The van der Waals surface area contributed by atoms with Gasteiger partial charge in [-0.2, -0.15) is 0 Å². The van der Waals surface area contributed by atoms with Gasteiger partial charge in [-0.05, 0) is 37.6 Å². The normalized spacial score (nSPS) is 25.7. The maximum absolute atomic E-state index is 13.9. The number of rotatable bonds is 5. The van der Waals surface area contributed by atoms with Gasteiger partial charge in [0.1, 0.15) is 35.6 Å². The van der Waals surface area contributed by atoms with Crippen molar-refractivity contribution >= 4 is 23.8 Å². The average molecular weight is 538 g/mol. The summed E-state index contributed by atoms with van der Waals surface area (Å²) in [5.41, 5.74) is 0.798. The Bertz CT molecular complexity index is 1460. The summed E-state index contributed by atoms with van der Waals surface area (Å²) < 4.78 is 16.7. The third kappa shape index (κ3) is 4.53. The highest BCUT2D eigenvalue weighted by atomic mass is 16.7. The summed E-state index contributed by atoms with van der Waals surface area (Å²) in [5.74, 6) is -2.23. The van der Waals surface area contributed by atoms with Crippen LogP contribution in [0.3, 0.4) is 0 Å². The zero-order chi connectivity index (χ0) is 28.2. The van der Waals surface area contributed by atoms with Gasteiger partial charge < -0.3 is 34.6 Å². The molecule has 204 valence electrons. The minimum atomic E-state index is -1.65. The van der Waals surface area contributed by atoms with Crippen LogP contribution in [0, 0.1) is 6.92 Å². The van der Waals surface area contributed by atoms with Gasteiger partial charge in [-0.1, -0.05) is 6.08 Å². The third-order valence-electron chi connectivity index (χ3n) is 7.09. The fourth-order valence-electron chi connectivity index (χ4n) is 5.05. The van der Waals surface area contributed by atoms with E-state index in [2.05, 4.69) is 4.99 Å². The monoisotopic (exact) mass is 537 g/mol. The lowest BCUT2D eigenvalue weighted by Crippen LogP contribution is -2.58. The number of phenolic OH excluding ortho intramolecular Hbond substituents is 1. The molecule has 1 saturated heterocycles. The number of ether oxygens (including phenoxy) is 3. The predicted molar refractivity (Wildman–Crippen MR) is 136 cm³/mol. The maximum Gasteiger partial charge on any atom is 0.308 e. The number of hydrogen-bond acceptors (Lipinski definition) is 11. The second-order valence-electron chi connectivity index (χ2n) is 9.74.